The van der Waals surface area contributed by atoms with Crippen molar-refractivity contribution in [2.24, 2.45) is 0 Å². The van der Waals surface area contributed by atoms with Crippen molar-refractivity contribution in [2.75, 3.05) is 11.9 Å². The lowest BCUT2D eigenvalue weighted by Crippen LogP contribution is -2.07. The maximum atomic E-state index is 12.1. The number of benzene rings is 2. The van der Waals surface area contributed by atoms with Crippen LogP contribution in [0.2, 0.25) is 0 Å². The highest BCUT2D eigenvalue weighted by Gasteiger charge is 2.07. The molecule has 1 N–H and O–H groups in total. The number of hydrogen-bond donors (Lipinski definition) is 1. The molecule has 0 fully saturated rings. The van der Waals surface area contributed by atoms with E-state index in [1.165, 1.54) is 23.0 Å². The zero-order valence-corrected chi connectivity index (χ0v) is 17.7. The van der Waals surface area contributed by atoms with Crippen molar-refractivity contribution in [1.29, 1.82) is 0 Å². The fraction of sp³-hybridized carbons (Fsp3) is 0.261. The van der Waals surface area contributed by atoms with E-state index in [2.05, 4.69) is 41.5 Å². The summed E-state index contributed by atoms with van der Waals surface area (Å²) in [5.41, 5.74) is 3.42. The standard InChI is InChI=1S/C23H25N3O2S/c1-16(2)19-10-7-18(8-11-19)9-12-21(27)24-23-26-25-22(29-23)13-14-28-20-6-4-5-17(3)15-20/h4-12,15-16H,13-14H2,1-3H3,(H,24,26,27)/b12-9+. The summed E-state index contributed by atoms with van der Waals surface area (Å²) in [6.45, 7) is 6.85. The molecule has 29 heavy (non-hydrogen) atoms. The van der Waals surface area contributed by atoms with Gasteiger partial charge < -0.3 is 4.74 Å². The van der Waals surface area contributed by atoms with Crippen LogP contribution in [0.4, 0.5) is 5.13 Å². The zero-order chi connectivity index (χ0) is 20.6. The van der Waals surface area contributed by atoms with E-state index in [0.717, 1.165) is 21.9 Å². The maximum Gasteiger partial charge on any atom is 0.250 e. The average molecular weight is 408 g/mol. The summed E-state index contributed by atoms with van der Waals surface area (Å²) in [6, 6.07) is 16.1. The Morgan fingerprint density at radius 2 is 1.97 bits per heavy atom. The molecule has 0 unspecified atom stereocenters. The third-order valence-electron chi connectivity index (χ3n) is 4.30. The third-order valence-corrected chi connectivity index (χ3v) is 5.20. The highest BCUT2D eigenvalue weighted by atomic mass is 32.1. The Labute approximate surface area is 175 Å². The zero-order valence-electron chi connectivity index (χ0n) is 16.9. The van der Waals surface area contributed by atoms with Crippen LogP contribution in [0.5, 0.6) is 5.75 Å². The number of anilines is 1. The normalized spacial score (nSPS) is 11.2. The van der Waals surface area contributed by atoms with Gasteiger partial charge in [-0.05, 0) is 47.7 Å². The van der Waals surface area contributed by atoms with Crippen molar-refractivity contribution < 1.29 is 9.53 Å². The van der Waals surface area contributed by atoms with Crippen molar-refractivity contribution in [1.82, 2.24) is 10.2 Å². The topological polar surface area (TPSA) is 64.1 Å². The smallest absolute Gasteiger partial charge is 0.250 e. The summed E-state index contributed by atoms with van der Waals surface area (Å²) in [5.74, 6) is 1.11. The van der Waals surface area contributed by atoms with Crippen molar-refractivity contribution in [2.45, 2.75) is 33.1 Å². The number of carbonyl (C=O) groups is 1. The Bertz CT molecular complexity index is 978. The Hall–Kier alpha value is -2.99. The summed E-state index contributed by atoms with van der Waals surface area (Å²) in [6.07, 6.45) is 3.93. The summed E-state index contributed by atoms with van der Waals surface area (Å²) in [5, 5.41) is 12.2. The molecule has 1 heterocycles. The Morgan fingerprint density at radius 1 is 1.17 bits per heavy atom. The highest BCUT2D eigenvalue weighted by molar-refractivity contribution is 7.15. The van der Waals surface area contributed by atoms with Crippen LogP contribution in [-0.2, 0) is 11.2 Å². The Kier molecular flexibility index (Phi) is 7.14. The van der Waals surface area contributed by atoms with Gasteiger partial charge in [-0.1, -0.05) is 61.6 Å². The van der Waals surface area contributed by atoms with Crippen LogP contribution in [0.1, 0.15) is 41.5 Å². The molecule has 6 heteroatoms. The molecular formula is C23H25N3O2S. The molecule has 3 rings (SSSR count). The van der Waals surface area contributed by atoms with Crippen LogP contribution < -0.4 is 10.1 Å². The number of carbonyl (C=O) groups excluding carboxylic acids is 1. The number of nitrogens with one attached hydrogen (secondary N) is 1. The summed E-state index contributed by atoms with van der Waals surface area (Å²) >= 11 is 1.36. The van der Waals surface area contributed by atoms with Gasteiger partial charge in [-0.15, -0.1) is 10.2 Å². The minimum atomic E-state index is -0.225. The van der Waals surface area contributed by atoms with Gasteiger partial charge in [0.05, 0.1) is 6.61 Å². The van der Waals surface area contributed by atoms with Crippen molar-refractivity contribution >= 4 is 28.5 Å². The van der Waals surface area contributed by atoms with Gasteiger partial charge in [-0.3, -0.25) is 10.1 Å². The minimum Gasteiger partial charge on any atom is -0.493 e. The molecule has 0 aliphatic heterocycles. The number of amides is 1. The molecule has 0 aliphatic carbocycles. The molecule has 150 valence electrons. The molecule has 2 aromatic carbocycles. The van der Waals surface area contributed by atoms with Crippen LogP contribution in [0.3, 0.4) is 0 Å². The molecule has 0 bridgehead atoms. The second-order valence-corrected chi connectivity index (χ2v) is 8.12. The lowest BCUT2D eigenvalue weighted by Gasteiger charge is -2.04. The second kappa shape index (κ2) is 9.98. The van der Waals surface area contributed by atoms with Crippen LogP contribution in [-0.4, -0.2) is 22.7 Å². The first-order valence-corrected chi connectivity index (χ1v) is 10.4. The molecule has 3 aromatic rings. The van der Waals surface area contributed by atoms with Crippen LogP contribution >= 0.6 is 11.3 Å². The number of hydrogen-bond acceptors (Lipinski definition) is 5. The molecule has 1 amide bonds. The van der Waals surface area contributed by atoms with E-state index < -0.39 is 0 Å². The number of aryl methyl sites for hydroxylation is 1. The molecule has 1 aromatic heterocycles. The van der Waals surface area contributed by atoms with Gasteiger partial charge in [-0.2, -0.15) is 0 Å². The Balaban J connectivity index is 1.47. The van der Waals surface area contributed by atoms with Gasteiger partial charge >= 0.3 is 0 Å². The molecule has 0 saturated carbocycles. The van der Waals surface area contributed by atoms with E-state index in [4.69, 9.17) is 4.74 Å². The fourth-order valence-corrected chi connectivity index (χ4v) is 3.40. The molecule has 5 nitrogen and oxygen atoms in total. The monoisotopic (exact) mass is 407 g/mol. The van der Waals surface area contributed by atoms with Crippen LogP contribution in [0.15, 0.2) is 54.6 Å². The van der Waals surface area contributed by atoms with E-state index in [-0.39, 0.29) is 5.91 Å². The molecular weight excluding hydrogens is 382 g/mol. The lowest BCUT2D eigenvalue weighted by atomic mass is 10.0. The first-order valence-electron chi connectivity index (χ1n) is 9.60. The SMILES string of the molecule is Cc1cccc(OCCc2nnc(NC(=O)/C=C/c3ccc(C(C)C)cc3)s2)c1. The fourth-order valence-electron chi connectivity index (χ4n) is 2.68. The van der Waals surface area contributed by atoms with Gasteiger partial charge in [0.2, 0.25) is 11.0 Å². The first-order chi connectivity index (χ1) is 14.0. The number of ether oxygens (including phenoxy) is 1. The maximum absolute atomic E-state index is 12.1. The van der Waals surface area contributed by atoms with Gasteiger partial charge in [0.15, 0.2) is 0 Å². The number of rotatable bonds is 8. The highest BCUT2D eigenvalue weighted by Crippen LogP contribution is 2.18. The Morgan fingerprint density at radius 3 is 2.69 bits per heavy atom. The number of aromatic nitrogens is 2. The van der Waals surface area contributed by atoms with Gasteiger partial charge in [0.25, 0.3) is 0 Å². The number of nitrogens with zero attached hydrogens (tertiary/aromatic N) is 2. The molecule has 0 saturated heterocycles. The van der Waals surface area contributed by atoms with Gasteiger partial charge in [0, 0.05) is 12.5 Å². The van der Waals surface area contributed by atoms with Crippen molar-refractivity contribution in [3.05, 3.63) is 76.3 Å². The summed E-state index contributed by atoms with van der Waals surface area (Å²) in [4.78, 5) is 12.1. The van der Waals surface area contributed by atoms with E-state index in [1.807, 2.05) is 43.3 Å². The largest absolute Gasteiger partial charge is 0.493 e. The van der Waals surface area contributed by atoms with E-state index >= 15 is 0 Å². The van der Waals surface area contributed by atoms with Gasteiger partial charge in [-0.25, -0.2) is 0 Å². The van der Waals surface area contributed by atoms with Crippen molar-refractivity contribution in [3.8, 4) is 5.75 Å². The first kappa shape index (κ1) is 20.7. The van der Waals surface area contributed by atoms with Gasteiger partial charge in [0.1, 0.15) is 10.8 Å². The molecule has 0 aliphatic rings. The van der Waals surface area contributed by atoms with Crippen LogP contribution in [0.25, 0.3) is 6.08 Å². The predicted octanol–water partition coefficient (Wildman–Crippen LogP) is 5.24. The lowest BCUT2D eigenvalue weighted by molar-refractivity contribution is -0.111. The van der Waals surface area contributed by atoms with Crippen molar-refractivity contribution in [3.63, 3.8) is 0 Å². The molecule has 0 atom stereocenters. The van der Waals surface area contributed by atoms with E-state index in [1.54, 1.807) is 6.08 Å². The van der Waals surface area contributed by atoms with Crippen LogP contribution in [0, 0.1) is 6.92 Å². The average Bonchev–Trinajstić information content (AvgIpc) is 3.14. The summed E-state index contributed by atoms with van der Waals surface area (Å²) < 4.78 is 5.73. The molecule has 0 radical (unpaired) electrons. The van der Waals surface area contributed by atoms with E-state index in [9.17, 15) is 4.79 Å². The second-order valence-electron chi connectivity index (χ2n) is 7.06. The van der Waals surface area contributed by atoms with E-state index in [0.29, 0.717) is 24.1 Å². The molecule has 0 spiro atoms. The minimum absolute atomic E-state index is 0.225. The third kappa shape index (κ3) is 6.54. The predicted molar refractivity (Wildman–Crippen MR) is 118 cm³/mol. The quantitative estimate of drug-likeness (QED) is 0.519. The summed E-state index contributed by atoms with van der Waals surface area (Å²) in [7, 11) is 0.